The lowest BCUT2D eigenvalue weighted by Gasteiger charge is -2.33. The van der Waals surface area contributed by atoms with E-state index in [0.29, 0.717) is 19.0 Å². The number of phenolic OH excluding ortho intramolecular Hbond substituents is 1. The SMILES string of the molecule is O=S(=O)(c1ccccc1O)N1CCC(CN2CCCC2)CC1. The molecular formula is C16H24N2O3S. The number of benzene rings is 1. The lowest BCUT2D eigenvalue weighted by atomic mass is 9.98. The number of sulfonamides is 1. The second-order valence-electron chi connectivity index (χ2n) is 6.32. The molecule has 0 bridgehead atoms. The smallest absolute Gasteiger partial charge is 0.246 e. The van der Waals surface area contributed by atoms with Crippen molar-refractivity contribution in [3.63, 3.8) is 0 Å². The standard InChI is InChI=1S/C16H24N2O3S/c19-15-5-1-2-6-16(15)22(20,21)18-11-7-14(8-12-18)13-17-9-3-4-10-17/h1-2,5-6,14,19H,3-4,7-13H2. The van der Waals surface area contributed by atoms with E-state index in [1.54, 1.807) is 12.1 Å². The summed E-state index contributed by atoms with van der Waals surface area (Å²) in [5, 5.41) is 9.81. The molecule has 0 saturated carbocycles. The van der Waals surface area contributed by atoms with Gasteiger partial charge in [0.2, 0.25) is 10.0 Å². The fourth-order valence-electron chi connectivity index (χ4n) is 3.48. The van der Waals surface area contributed by atoms with Gasteiger partial charge in [-0.2, -0.15) is 4.31 Å². The van der Waals surface area contributed by atoms with Crippen LogP contribution < -0.4 is 0 Å². The number of para-hydroxylation sites is 1. The number of rotatable bonds is 4. The molecule has 0 aliphatic carbocycles. The minimum atomic E-state index is -3.57. The van der Waals surface area contributed by atoms with Crippen LogP contribution in [0, 0.1) is 5.92 Å². The van der Waals surface area contributed by atoms with Gasteiger partial charge in [-0.1, -0.05) is 12.1 Å². The largest absolute Gasteiger partial charge is 0.507 e. The van der Waals surface area contributed by atoms with Crippen LogP contribution in [0.25, 0.3) is 0 Å². The Morgan fingerprint density at radius 3 is 2.32 bits per heavy atom. The highest BCUT2D eigenvalue weighted by Gasteiger charge is 2.31. The topological polar surface area (TPSA) is 60.9 Å². The van der Waals surface area contributed by atoms with Crippen molar-refractivity contribution in [3.05, 3.63) is 24.3 Å². The third-order valence-electron chi connectivity index (χ3n) is 4.77. The monoisotopic (exact) mass is 324 g/mol. The van der Waals surface area contributed by atoms with E-state index in [1.807, 2.05) is 0 Å². The van der Waals surface area contributed by atoms with Gasteiger partial charge in [-0.05, 0) is 56.8 Å². The van der Waals surface area contributed by atoms with Gasteiger partial charge in [0.25, 0.3) is 0 Å². The summed E-state index contributed by atoms with van der Waals surface area (Å²) in [5.41, 5.74) is 0. The van der Waals surface area contributed by atoms with Crippen molar-refractivity contribution in [2.45, 2.75) is 30.6 Å². The molecule has 2 aliphatic heterocycles. The molecular weight excluding hydrogens is 300 g/mol. The molecule has 5 nitrogen and oxygen atoms in total. The van der Waals surface area contributed by atoms with Crippen LogP contribution >= 0.6 is 0 Å². The first kappa shape index (κ1) is 15.8. The molecule has 2 heterocycles. The zero-order valence-corrected chi connectivity index (χ0v) is 13.6. The second-order valence-corrected chi connectivity index (χ2v) is 8.23. The Bertz CT molecular complexity index is 604. The fraction of sp³-hybridized carbons (Fsp3) is 0.625. The van der Waals surface area contributed by atoms with Gasteiger partial charge >= 0.3 is 0 Å². The van der Waals surface area contributed by atoms with Gasteiger partial charge < -0.3 is 10.0 Å². The van der Waals surface area contributed by atoms with Crippen LogP contribution in [-0.4, -0.2) is 55.5 Å². The maximum atomic E-state index is 12.6. The van der Waals surface area contributed by atoms with E-state index in [-0.39, 0.29) is 10.6 Å². The predicted molar refractivity (Wildman–Crippen MR) is 85.3 cm³/mol. The highest BCUT2D eigenvalue weighted by Crippen LogP contribution is 2.29. The lowest BCUT2D eigenvalue weighted by Crippen LogP contribution is -2.41. The van der Waals surface area contributed by atoms with E-state index >= 15 is 0 Å². The third-order valence-corrected chi connectivity index (χ3v) is 6.72. The summed E-state index contributed by atoms with van der Waals surface area (Å²) in [4.78, 5) is 2.52. The zero-order valence-electron chi connectivity index (χ0n) is 12.8. The predicted octanol–water partition coefficient (Wildman–Crippen LogP) is 1.89. The van der Waals surface area contributed by atoms with E-state index in [2.05, 4.69) is 4.90 Å². The minimum Gasteiger partial charge on any atom is -0.507 e. The van der Waals surface area contributed by atoms with Crippen LogP contribution in [0.3, 0.4) is 0 Å². The molecule has 1 N–H and O–H groups in total. The maximum Gasteiger partial charge on any atom is 0.246 e. The third kappa shape index (κ3) is 3.29. The van der Waals surface area contributed by atoms with Crippen LogP contribution in [0.4, 0.5) is 0 Å². The molecule has 2 saturated heterocycles. The average molecular weight is 324 g/mol. The van der Waals surface area contributed by atoms with E-state index < -0.39 is 10.0 Å². The van der Waals surface area contributed by atoms with Crippen LogP contribution in [0.15, 0.2) is 29.2 Å². The molecule has 0 atom stereocenters. The van der Waals surface area contributed by atoms with Crippen LogP contribution in [0.1, 0.15) is 25.7 Å². The number of likely N-dealkylation sites (tertiary alicyclic amines) is 1. The molecule has 0 radical (unpaired) electrons. The van der Waals surface area contributed by atoms with Crippen LogP contribution in [-0.2, 0) is 10.0 Å². The summed E-state index contributed by atoms with van der Waals surface area (Å²) >= 11 is 0. The Hall–Kier alpha value is -1.11. The van der Waals surface area contributed by atoms with Crippen molar-refractivity contribution in [2.75, 3.05) is 32.7 Å². The summed E-state index contributed by atoms with van der Waals surface area (Å²) in [7, 11) is -3.57. The summed E-state index contributed by atoms with van der Waals surface area (Å²) in [6.07, 6.45) is 4.40. The normalized spacial score (nSPS) is 22.2. The van der Waals surface area contributed by atoms with E-state index in [0.717, 1.165) is 19.4 Å². The van der Waals surface area contributed by atoms with E-state index in [1.165, 1.54) is 42.4 Å². The Labute approximate surface area is 132 Å². The first-order chi connectivity index (χ1) is 10.6. The summed E-state index contributed by atoms with van der Waals surface area (Å²) in [6, 6.07) is 6.18. The Balaban J connectivity index is 1.62. The quantitative estimate of drug-likeness (QED) is 0.919. The molecule has 0 amide bonds. The number of nitrogens with zero attached hydrogens (tertiary/aromatic N) is 2. The van der Waals surface area contributed by atoms with Crippen molar-refractivity contribution in [2.24, 2.45) is 5.92 Å². The molecule has 0 aromatic heterocycles. The van der Waals surface area contributed by atoms with Crippen molar-refractivity contribution in [3.8, 4) is 5.75 Å². The second kappa shape index (κ2) is 6.56. The number of hydrogen-bond donors (Lipinski definition) is 1. The van der Waals surface area contributed by atoms with Gasteiger partial charge in [0.1, 0.15) is 10.6 Å². The van der Waals surface area contributed by atoms with Gasteiger partial charge in [-0.3, -0.25) is 0 Å². The molecule has 0 unspecified atom stereocenters. The van der Waals surface area contributed by atoms with Crippen LogP contribution in [0.5, 0.6) is 5.75 Å². The van der Waals surface area contributed by atoms with E-state index in [9.17, 15) is 13.5 Å². The van der Waals surface area contributed by atoms with Gasteiger partial charge in [0, 0.05) is 19.6 Å². The summed E-state index contributed by atoms with van der Waals surface area (Å²) < 4.78 is 26.7. The highest BCUT2D eigenvalue weighted by molar-refractivity contribution is 7.89. The lowest BCUT2D eigenvalue weighted by molar-refractivity contribution is 0.205. The first-order valence-electron chi connectivity index (χ1n) is 8.08. The molecule has 1 aromatic rings. The Morgan fingerprint density at radius 1 is 1.05 bits per heavy atom. The molecule has 6 heteroatoms. The molecule has 3 rings (SSSR count). The number of piperidine rings is 1. The molecule has 122 valence electrons. The van der Waals surface area contributed by atoms with E-state index in [4.69, 9.17) is 0 Å². The van der Waals surface area contributed by atoms with Gasteiger partial charge in [-0.25, -0.2) is 8.42 Å². The molecule has 1 aromatic carbocycles. The zero-order chi connectivity index (χ0) is 15.6. The summed E-state index contributed by atoms with van der Waals surface area (Å²) in [6.45, 7) is 4.58. The van der Waals surface area contributed by atoms with Crippen LogP contribution in [0.2, 0.25) is 0 Å². The van der Waals surface area contributed by atoms with Gasteiger partial charge in [0.05, 0.1) is 0 Å². The highest BCUT2D eigenvalue weighted by atomic mass is 32.2. The van der Waals surface area contributed by atoms with Gasteiger partial charge in [-0.15, -0.1) is 0 Å². The fourth-order valence-corrected chi connectivity index (χ4v) is 5.03. The number of aromatic hydroxyl groups is 1. The van der Waals surface area contributed by atoms with Crippen molar-refractivity contribution < 1.29 is 13.5 Å². The summed E-state index contributed by atoms with van der Waals surface area (Å²) in [5.74, 6) is 0.426. The van der Waals surface area contributed by atoms with Crippen molar-refractivity contribution in [1.29, 1.82) is 0 Å². The first-order valence-corrected chi connectivity index (χ1v) is 9.52. The van der Waals surface area contributed by atoms with Crippen molar-refractivity contribution >= 4 is 10.0 Å². The minimum absolute atomic E-state index is 0.0213. The maximum absolute atomic E-state index is 12.6. The van der Waals surface area contributed by atoms with Crippen molar-refractivity contribution in [1.82, 2.24) is 9.21 Å². The molecule has 2 fully saturated rings. The Kier molecular flexibility index (Phi) is 4.70. The molecule has 22 heavy (non-hydrogen) atoms. The Morgan fingerprint density at radius 2 is 1.68 bits per heavy atom. The molecule has 2 aliphatic rings. The average Bonchev–Trinajstić information content (AvgIpc) is 3.01. The number of hydrogen-bond acceptors (Lipinski definition) is 4. The van der Waals surface area contributed by atoms with Gasteiger partial charge in [0.15, 0.2) is 0 Å². The number of phenols is 1. The molecule has 0 spiro atoms.